The largest absolute Gasteiger partial charge is 0.466 e. The number of carbonyl (C=O) groups is 2. The second kappa shape index (κ2) is 9.16. The molecule has 0 unspecified atom stereocenters. The van der Waals surface area contributed by atoms with E-state index in [1.807, 2.05) is 17.5 Å². The molecule has 5 nitrogen and oxygen atoms in total. The minimum Gasteiger partial charge on any atom is -0.466 e. The van der Waals surface area contributed by atoms with Crippen molar-refractivity contribution in [1.82, 2.24) is 4.98 Å². The van der Waals surface area contributed by atoms with Crippen molar-refractivity contribution in [3.8, 4) is 16.6 Å². The van der Waals surface area contributed by atoms with Crippen LogP contribution in [-0.2, 0) is 27.2 Å². The highest BCUT2D eigenvalue weighted by Crippen LogP contribution is 2.38. The van der Waals surface area contributed by atoms with Crippen molar-refractivity contribution in [2.24, 2.45) is 0 Å². The number of aromatic nitrogens is 1. The fourth-order valence-electron chi connectivity index (χ4n) is 3.21. The molecule has 0 N–H and O–H groups in total. The van der Waals surface area contributed by atoms with Crippen LogP contribution < -0.4 is 0 Å². The summed E-state index contributed by atoms with van der Waals surface area (Å²) in [5.41, 5.74) is 3.75. The van der Waals surface area contributed by atoms with Crippen LogP contribution in [0.1, 0.15) is 42.9 Å². The Labute approximate surface area is 166 Å². The molecular formula is C20H20N2O3S2. The van der Waals surface area contributed by atoms with E-state index in [2.05, 4.69) is 6.07 Å². The molecule has 0 radical (unpaired) electrons. The summed E-state index contributed by atoms with van der Waals surface area (Å²) in [7, 11) is 0. The number of thioether (sulfide) groups is 1. The normalized spacial score (nSPS) is 12.9. The summed E-state index contributed by atoms with van der Waals surface area (Å²) in [4.78, 5) is 29.4. The highest BCUT2D eigenvalue weighted by Gasteiger charge is 2.24. The maximum atomic E-state index is 12.1. The smallest absolute Gasteiger partial charge is 0.313 e. The van der Waals surface area contributed by atoms with Crippen molar-refractivity contribution in [3.05, 3.63) is 34.2 Å². The Morgan fingerprint density at radius 3 is 2.78 bits per heavy atom. The van der Waals surface area contributed by atoms with E-state index in [4.69, 9.17) is 9.72 Å². The molecule has 2 aromatic rings. The molecule has 2 heterocycles. The lowest BCUT2D eigenvalue weighted by Gasteiger charge is -2.21. The van der Waals surface area contributed by atoms with E-state index in [-0.39, 0.29) is 24.6 Å². The number of nitrogens with zero attached hydrogens (tertiary/aromatic N) is 2. The van der Waals surface area contributed by atoms with Crippen LogP contribution in [0, 0.1) is 11.3 Å². The van der Waals surface area contributed by atoms with Crippen LogP contribution in [0.25, 0.3) is 10.6 Å². The number of rotatable bonds is 7. The lowest BCUT2D eigenvalue weighted by atomic mass is 9.88. The van der Waals surface area contributed by atoms with Gasteiger partial charge in [-0.3, -0.25) is 9.59 Å². The van der Waals surface area contributed by atoms with Gasteiger partial charge in [-0.05, 0) is 55.2 Å². The third-order valence-electron chi connectivity index (χ3n) is 4.37. The SMILES string of the molecule is CCOC(=O)CC(=O)CSc1nc(-c2cccs2)c2c(c1C#N)CCCC2. The Kier molecular flexibility index (Phi) is 6.64. The lowest BCUT2D eigenvalue weighted by Crippen LogP contribution is -2.14. The van der Waals surface area contributed by atoms with Crippen LogP contribution in [0.5, 0.6) is 0 Å². The number of esters is 1. The van der Waals surface area contributed by atoms with Crippen LogP contribution in [0.15, 0.2) is 22.5 Å². The molecule has 0 atom stereocenters. The number of Topliss-reactive ketones (excluding diaryl/α,β-unsaturated/α-hetero) is 1. The first kappa shape index (κ1) is 19.6. The molecular weight excluding hydrogens is 380 g/mol. The first-order valence-electron chi connectivity index (χ1n) is 8.93. The van der Waals surface area contributed by atoms with E-state index in [1.54, 1.807) is 18.3 Å². The second-order valence-electron chi connectivity index (χ2n) is 6.20. The van der Waals surface area contributed by atoms with Gasteiger partial charge in [0.2, 0.25) is 0 Å². The van der Waals surface area contributed by atoms with Crippen molar-refractivity contribution < 1.29 is 14.3 Å². The predicted molar refractivity (Wildman–Crippen MR) is 106 cm³/mol. The van der Waals surface area contributed by atoms with Gasteiger partial charge >= 0.3 is 5.97 Å². The Morgan fingerprint density at radius 2 is 2.11 bits per heavy atom. The molecule has 0 amide bonds. The van der Waals surface area contributed by atoms with E-state index in [9.17, 15) is 14.9 Å². The monoisotopic (exact) mass is 400 g/mol. The fourth-order valence-corrected chi connectivity index (χ4v) is 4.82. The van der Waals surface area contributed by atoms with Gasteiger partial charge in [0.25, 0.3) is 0 Å². The number of pyridine rings is 1. The number of ether oxygens (including phenoxy) is 1. The highest BCUT2D eigenvalue weighted by atomic mass is 32.2. The van der Waals surface area contributed by atoms with Gasteiger partial charge in [0.15, 0.2) is 5.78 Å². The average Bonchev–Trinajstić information content (AvgIpc) is 3.20. The molecule has 0 saturated heterocycles. The first-order chi connectivity index (χ1) is 13.1. The van der Waals surface area contributed by atoms with E-state index in [0.717, 1.165) is 41.8 Å². The van der Waals surface area contributed by atoms with Crippen molar-refractivity contribution in [2.45, 2.75) is 44.1 Å². The number of ketones is 1. The molecule has 0 aromatic carbocycles. The van der Waals surface area contributed by atoms with E-state index in [1.165, 1.54) is 17.3 Å². The van der Waals surface area contributed by atoms with E-state index in [0.29, 0.717) is 10.6 Å². The summed E-state index contributed by atoms with van der Waals surface area (Å²) < 4.78 is 4.82. The predicted octanol–water partition coefficient (Wildman–Crippen LogP) is 4.17. The van der Waals surface area contributed by atoms with E-state index < -0.39 is 5.97 Å². The van der Waals surface area contributed by atoms with Gasteiger partial charge in [-0.25, -0.2) is 4.98 Å². The minimum absolute atomic E-state index is 0.100. The van der Waals surface area contributed by atoms with Crippen molar-refractivity contribution in [2.75, 3.05) is 12.4 Å². The molecule has 0 fully saturated rings. The van der Waals surface area contributed by atoms with Gasteiger partial charge in [0, 0.05) is 0 Å². The number of hydrogen-bond acceptors (Lipinski definition) is 7. The third-order valence-corrected chi connectivity index (χ3v) is 6.28. The Morgan fingerprint density at radius 1 is 1.33 bits per heavy atom. The Hall–Kier alpha value is -2.17. The van der Waals surface area contributed by atoms with Crippen molar-refractivity contribution >= 4 is 34.9 Å². The van der Waals surface area contributed by atoms with Gasteiger partial charge in [0.1, 0.15) is 17.5 Å². The standard InChI is InChI=1S/C20H20N2O3S2/c1-2-25-18(24)10-13(23)12-27-20-16(11-21)14-6-3-4-7-15(14)19(22-20)17-8-5-9-26-17/h5,8-9H,2-4,6-7,10,12H2,1H3. The molecule has 140 valence electrons. The van der Waals surface area contributed by atoms with Gasteiger partial charge in [-0.1, -0.05) is 17.8 Å². The lowest BCUT2D eigenvalue weighted by molar-refractivity contribution is -0.145. The highest BCUT2D eigenvalue weighted by molar-refractivity contribution is 8.00. The zero-order chi connectivity index (χ0) is 19.2. The molecule has 0 bridgehead atoms. The summed E-state index contributed by atoms with van der Waals surface area (Å²) in [5, 5.41) is 12.3. The van der Waals surface area contributed by atoms with Crippen molar-refractivity contribution in [3.63, 3.8) is 0 Å². The number of nitriles is 1. The van der Waals surface area contributed by atoms with Gasteiger partial charge < -0.3 is 4.74 Å². The number of hydrogen-bond donors (Lipinski definition) is 0. The van der Waals surface area contributed by atoms with Gasteiger partial charge in [-0.15, -0.1) is 11.3 Å². The molecule has 0 saturated carbocycles. The van der Waals surface area contributed by atoms with Gasteiger partial charge in [0.05, 0.1) is 28.5 Å². The quantitative estimate of drug-likeness (QED) is 0.394. The molecule has 7 heteroatoms. The summed E-state index contributed by atoms with van der Waals surface area (Å²) in [6, 6.07) is 6.33. The molecule has 1 aliphatic rings. The molecule has 1 aliphatic carbocycles. The topological polar surface area (TPSA) is 80.1 Å². The molecule has 3 rings (SSSR count). The summed E-state index contributed by atoms with van der Waals surface area (Å²) in [6.45, 7) is 1.97. The minimum atomic E-state index is -0.513. The van der Waals surface area contributed by atoms with E-state index >= 15 is 0 Å². The molecule has 27 heavy (non-hydrogen) atoms. The number of carbonyl (C=O) groups excluding carboxylic acids is 2. The third kappa shape index (κ3) is 4.57. The molecule has 2 aromatic heterocycles. The summed E-state index contributed by atoms with van der Waals surface area (Å²) in [5.74, 6) is -0.635. The maximum Gasteiger partial charge on any atom is 0.313 e. The summed E-state index contributed by atoms with van der Waals surface area (Å²) in [6.07, 6.45) is 3.70. The van der Waals surface area contributed by atoms with Crippen LogP contribution >= 0.6 is 23.1 Å². The zero-order valence-corrected chi connectivity index (χ0v) is 16.8. The Bertz CT molecular complexity index is 886. The summed E-state index contributed by atoms with van der Waals surface area (Å²) >= 11 is 2.86. The second-order valence-corrected chi connectivity index (χ2v) is 8.11. The zero-order valence-electron chi connectivity index (χ0n) is 15.1. The maximum absolute atomic E-state index is 12.1. The fraction of sp³-hybridized carbons (Fsp3) is 0.400. The first-order valence-corrected chi connectivity index (χ1v) is 10.8. The average molecular weight is 401 g/mol. The van der Waals surface area contributed by atoms with Crippen LogP contribution in [0.3, 0.4) is 0 Å². The van der Waals surface area contributed by atoms with Crippen LogP contribution in [0.4, 0.5) is 0 Å². The Balaban J connectivity index is 1.88. The van der Waals surface area contributed by atoms with Crippen LogP contribution in [0.2, 0.25) is 0 Å². The molecule has 0 spiro atoms. The van der Waals surface area contributed by atoms with Crippen molar-refractivity contribution in [1.29, 1.82) is 5.26 Å². The van der Waals surface area contributed by atoms with Crippen LogP contribution in [-0.4, -0.2) is 29.1 Å². The number of fused-ring (bicyclic) bond motifs is 1. The number of thiophene rings is 1. The molecule has 0 aliphatic heterocycles. The van der Waals surface area contributed by atoms with Gasteiger partial charge in [-0.2, -0.15) is 5.26 Å².